The van der Waals surface area contributed by atoms with Crippen molar-refractivity contribution in [3.05, 3.63) is 24.0 Å². The fourth-order valence-electron chi connectivity index (χ4n) is 2.15. The van der Waals surface area contributed by atoms with Crippen LogP contribution in [0, 0.1) is 0 Å². The summed E-state index contributed by atoms with van der Waals surface area (Å²) < 4.78 is 7.01. The zero-order chi connectivity index (χ0) is 13.8. The predicted molar refractivity (Wildman–Crippen MR) is 74.8 cm³/mol. The third-order valence-electron chi connectivity index (χ3n) is 3.01. The molecule has 0 aliphatic carbocycles. The Labute approximate surface area is 112 Å². The molecule has 0 bridgehead atoms. The number of carbonyl (C=O) groups is 1. The molecular formula is C14H19N3O2. The topological polar surface area (TPSA) is 70.1 Å². The minimum absolute atomic E-state index is 0.179. The Hall–Kier alpha value is -2.04. The van der Waals surface area contributed by atoms with E-state index in [1.54, 1.807) is 0 Å². The Morgan fingerprint density at radius 3 is 2.89 bits per heavy atom. The summed E-state index contributed by atoms with van der Waals surface area (Å²) in [6.45, 7) is 4.86. The molecule has 2 aromatic rings. The van der Waals surface area contributed by atoms with Gasteiger partial charge in [0.05, 0.1) is 24.1 Å². The number of nitrogens with zero attached hydrogens (tertiary/aromatic N) is 2. The molecule has 0 radical (unpaired) electrons. The molecule has 0 fully saturated rings. The molecule has 19 heavy (non-hydrogen) atoms. The fraction of sp³-hybridized carbons (Fsp3) is 0.429. The number of carbonyl (C=O) groups excluding carboxylic acids is 1. The van der Waals surface area contributed by atoms with Crippen molar-refractivity contribution in [3.63, 3.8) is 0 Å². The number of anilines is 1. The van der Waals surface area contributed by atoms with E-state index in [1.165, 1.54) is 0 Å². The highest BCUT2D eigenvalue weighted by Crippen LogP contribution is 2.20. The van der Waals surface area contributed by atoms with Gasteiger partial charge in [-0.25, -0.2) is 4.98 Å². The number of fused-ring (bicyclic) bond motifs is 1. The Balaban J connectivity index is 2.27. The van der Waals surface area contributed by atoms with Crippen LogP contribution in [0.2, 0.25) is 0 Å². The Morgan fingerprint density at radius 1 is 1.42 bits per heavy atom. The fourth-order valence-corrected chi connectivity index (χ4v) is 2.15. The Kier molecular flexibility index (Phi) is 4.04. The van der Waals surface area contributed by atoms with Crippen molar-refractivity contribution in [2.75, 3.05) is 12.3 Å². The molecule has 0 aliphatic heterocycles. The van der Waals surface area contributed by atoms with Crippen LogP contribution in [-0.4, -0.2) is 22.1 Å². The van der Waals surface area contributed by atoms with Crippen LogP contribution in [0.5, 0.6) is 0 Å². The third-order valence-corrected chi connectivity index (χ3v) is 3.01. The van der Waals surface area contributed by atoms with Gasteiger partial charge in [-0.3, -0.25) is 4.79 Å². The zero-order valence-electron chi connectivity index (χ0n) is 11.3. The van der Waals surface area contributed by atoms with Gasteiger partial charge in [-0.2, -0.15) is 0 Å². The quantitative estimate of drug-likeness (QED) is 0.661. The number of nitrogen functional groups attached to an aromatic ring is 1. The average Bonchev–Trinajstić information content (AvgIpc) is 2.73. The van der Waals surface area contributed by atoms with Gasteiger partial charge in [0.2, 0.25) is 0 Å². The summed E-state index contributed by atoms with van der Waals surface area (Å²) in [5.41, 5.74) is 8.35. The maximum atomic E-state index is 11.5. The smallest absolute Gasteiger partial charge is 0.307 e. The first kappa shape index (κ1) is 13.4. The van der Waals surface area contributed by atoms with Crippen molar-refractivity contribution in [2.24, 2.45) is 0 Å². The molecular weight excluding hydrogens is 242 g/mol. The van der Waals surface area contributed by atoms with Crippen LogP contribution >= 0.6 is 0 Å². The van der Waals surface area contributed by atoms with Crippen LogP contribution in [0.25, 0.3) is 11.0 Å². The van der Waals surface area contributed by atoms with Gasteiger partial charge in [0.15, 0.2) is 0 Å². The summed E-state index contributed by atoms with van der Waals surface area (Å²) in [6.07, 6.45) is 1.17. The normalized spacial score (nSPS) is 10.8. The van der Waals surface area contributed by atoms with E-state index in [0.29, 0.717) is 25.3 Å². The summed E-state index contributed by atoms with van der Waals surface area (Å²) >= 11 is 0. The van der Waals surface area contributed by atoms with Crippen LogP contribution in [0.15, 0.2) is 18.2 Å². The molecule has 0 aliphatic rings. The van der Waals surface area contributed by atoms with E-state index >= 15 is 0 Å². The number of aromatic nitrogens is 2. The number of aryl methyl sites for hydroxylation is 2. The number of rotatable bonds is 5. The van der Waals surface area contributed by atoms with Crippen molar-refractivity contribution < 1.29 is 9.53 Å². The summed E-state index contributed by atoms with van der Waals surface area (Å²) in [6, 6.07) is 5.65. The molecule has 0 spiro atoms. The number of ether oxygens (including phenoxy) is 1. The molecule has 5 nitrogen and oxygen atoms in total. The minimum atomic E-state index is -0.179. The summed E-state index contributed by atoms with van der Waals surface area (Å²) in [5, 5.41) is 0. The second kappa shape index (κ2) is 5.73. The molecule has 2 N–H and O–H groups in total. The first-order valence-electron chi connectivity index (χ1n) is 6.56. The van der Waals surface area contributed by atoms with Gasteiger partial charge in [0, 0.05) is 18.7 Å². The first-order valence-corrected chi connectivity index (χ1v) is 6.56. The van der Waals surface area contributed by atoms with Crippen LogP contribution in [0.1, 0.15) is 26.1 Å². The molecule has 0 unspecified atom stereocenters. The Bertz CT molecular complexity index is 590. The van der Waals surface area contributed by atoms with Crippen LogP contribution in [-0.2, 0) is 22.5 Å². The second-order valence-electron chi connectivity index (χ2n) is 4.34. The number of nitrogens with two attached hydrogens (primary N) is 1. The average molecular weight is 261 g/mol. The van der Waals surface area contributed by atoms with E-state index < -0.39 is 0 Å². The molecule has 1 aromatic carbocycles. The van der Waals surface area contributed by atoms with Crippen molar-refractivity contribution in [1.29, 1.82) is 0 Å². The standard InChI is InChI=1S/C14H19N3O2/c1-3-13-16-11-9-10(15)5-6-12(11)17(13)8-7-14(18)19-4-2/h5-6,9H,3-4,7-8,15H2,1-2H3. The number of hydrogen-bond donors (Lipinski definition) is 1. The van der Waals surface area contributed by atoms with E-state index in [1.807, 2.05) is 32.0 Å². The van der Waals surface area contributed by atoms with Crippen molar-refractivity contribution in [1.82, 2.24) is 9.55 Å². The summed E-state index contributed by atoms with van der Waals surface area (Å²) in [7, 11) is 0. The van der Waals surface area contributed by atoms with E-state index in [2.05, 4.69) is 9.55 Å². The molecule has 0 saturated carbocycles. The highest BCUT2D eigenvalue weighted by molar-refractivity contribution is 5.80. The monoisotopic (exact) mass is 261 g/mol. The molecule has 0 atom stereocenters. The molecule has 102 valence electrons. The molecule has 1 aromatic heterocycles. The number of esters is 1. The van der Waals surface area contributed by atoms with Crippen molar-refractivity contribution in [3.8, 4) is 0 Å². The number of imidazole rings is 1. The molecule has 5 heteroatoms. The SMILES string of the molecule is CCOC(=O)CCn1c(CC)nc2cc(N)ccc21. The number of benzene rings is 1. The van der Waals surface area contributed by atoms with Crippen LogP contribution in [0.4, 0.5) is 5.69 Å². The zero-order valence-corrected chi connectivity index (χ0v) is 11.3. The Morgan fingerprint density at radius 2 is 2.21 bits per heavy atom. The molecule has 0 saturated heterocycles. The summed E-state index contributed by atoms with van der Waals surface area (Å²) in [4.78, 5) is 16.0. The molecule has 2 rings (SSSR count). The minimum Gasteiger partial charge on any atom is -0.466 e. The van der Waals surface area contributed by atoms with E-state index in [0.717, 1.165) is 23.3 Å². The van der Waals surface area contributed by atoms with Crippen LogP contribution < -0.4 is 5.73 Å². The van der Waals surface area contributed by atoms with Crippen molar-refractivity contribution >= 4 is 22.7 Å². The second-order valence-corrected chi connectivity index (χ2v) is 4.34. The van der Waals surface area contributed by atoms with Gasteiger partial charge in [-0.15, -0.1) is 0 Å². The van der Waals surface area contributed by atoms with Gasteiger partial charge < -0.3 is 15.0 Å². The molecule has 0 amide bonds. The lowest BCUT2D eigenvalue weighted by Crippen LogP contribution is -2.10. The maximum absolute atomic E-state index is 11.5. The van der Waals surface area contributed by atoms with Crippen molar-refractivity contribution in [2.45, 2.75) is 33.2 Å². The van der Waals surface area contributed by atoms with Gasteiger partial charge >= 0.3 is 5.97 Å². The highest BCUT2D eigenvalue weighted by Gasteiger charge is 2.11. The summed E-state index contributed by atoms with van der Waals surface area (Å²) in [5.74, 6) is 0.784. The van der Waals surface area contributed by atoms with Gasteiger partial charge in [-0.1, -0.05) is 6.92 Å². The highest BCUT2D eigenvalue weighted by atomic mass is 16.5. The van der Waals surface area contributed by atoms with Crippen LogP contribution in [0.3, 0.4) is 0 Å². The largest absolute Gasteiger partial charge is 0.466 e. The predicted octanol–water partition coefficient (Wildman–Crippen LogP) is 2.13. The van der Waals surface area contributed by atoms with E-state index in [-0.39, 0.29) is 5.97 Å². The van der Waals surface area contributed by atoms with Gasteiger partial charge in [0.25, 0.3) is 0 Å². The van der Waals surface area contributed by atoms with Gasteiger partial charge in [-0.05, 0) is 25.1 Å². The lowest BCUT2D eigenvalue weighted by molar-refractivity contribution is -0.143. The van der Waals surface area contributed by atoms with E-state index in [4.69, 9.17) is 10.5 Å². The number of hydrogen-bond acceptors (Lipinski definition) is 4. The molecule has 1 heterocycles. The lowest BCUT2D eigenvalue weighted by atomic mass is 10.3. The van der Waals surface area contributed by atoms with E-state index in [9.17, 15) is 4.79 Å². The lowest BCUT2D eigenvalue weighted by Gasteiger charge is -2.07. The first-order chi connectivity index (χ1) is 9.15. The maximum Gasteiger partial charge on any atom is 0.307 e. The van der Waals surface area contributed by atoms with Gasteiger partial charge in [0.1, 0.15) is 5.82 Å². The third kappa shape index (κ3) is 2.86.